The summed E-state index contributed by atoms with van der Waals surface area (Å²) in [6, 6.07) is 9.67. The molecule has 4 rings (SSSR count). The third-order valence-electron chi connectivity index (χ3n) is 4.79. The molecule has 0 spiro atoms. The molecule has 0 bridgehead atoms. The van der Waals surface area contributed by atoms with E-state index < -0.39 is 5.82 Å². The third kappa shape index (κ3) is 3.41. The smallest absolute Gasteiger partial charge is 0.146 e. The molecule has 0 saturated heterocycles. The molecule has 5 nitrogen and oxygen atoms in total. The minimum absolute atomic E-state index is 0.121. The van der Waals surface area contributed by atoms with Crippen molar-refractivity contribution in [2.24, 2.45) is 0 Å². The standard InChI is InChI=1S/C21H17ClFN3O2/c22-16-9-12(23)5-7-18(16)27-11-13-6-8-19(28-13)20-14-3-1-2-4-17(14)26-21(25)15(20)10-24/h5-9H,1-4,11H2,(H2,25,26). The van der Waals surface area contributed by atoms with Crippen molar-refractivity contribution in [2.75, 3.05) is 5.73 Å². The van der Waals surface area contributed by atoms with Gasteiger partial charge in [0.15, 0.2) is 0 Å². The quantitative estimate of drug-likeness (QED) is 0.666. The number of aryl methyl sites for hydroxylation is 1. The molecule has 0 unspecified atom stereocenters. The first-order valence-electron chi connectivity index (χ1n) is 8.95. The van der Waals surface area contributed by atoms with Crippen LogP contribution in [0.1, 0.15) is 35.4 Å². The van der Waals surface area contributed by atoms with E-state index in [1.807, 2.05) is 0 Å². The fourth-order valence-electron chi connectivity index (χ4n) is 3.48. The normalized spacial score (nSPS) is 13.0. The van der Waals surface area contributed by atoms with Crippen LogP contribution in [-0.2, 0) is 19.4 Å². The van der Waals surface area contributed by atoms with Gasteiger partial charge in [-0.15, -0.1) is 0 Å². The average molecular weight is 398 g/mol. The predicted molar refractivity (Wildman–Crippen MR) is 103 cm³/mol. The van der Waals surface area contributed by atoms with Crippen LogP contribution < -0.4 is 10.5 Å². The van der Waals surface area contributed by atoms with Gasteiger partial charge in [0.1, 0.15) is 47.1 Å². The highest BCUT2D eigenvalue weighted by molar-refractivity contribution is 6.32. The molecule has 0 atom stereocenters. The van der Waals surface area contributed by atoms with Crippen molar-refractivity contribution in [2.45, 2.75) is 32.3 Å². The van der Waals surface area contributed by atoms with Gasteiger partial charge in [-0.25, -0.2) is 9.37 Å². The van der Waals surface area contributed by atoms with Crippen molar-refractivity contribution >= 4 is 17.4 Å². The zero-order chi connectivity index (χ0) is 19.7. The highest BCUT2D eigenvalue weighted by Gasteiger charge is 2.24. The lowest BCUT2D eigenvalue weighted by Crippen LogP contribution is -2.11. The van der Waals surface area contributed by atoms with Crippen molar-refractivity contribution in [3.05, 3.63) is 63.8 Å². The molecule has 1 aliphatic rings. The van der Waals surface area contributed by atoms with E-state index in [1.54, 1.807) is 12.1 Å². The summed E-state index contributed by atoms with van der Waals surface area (Å²) >= 11 is 5.98. The van der Waals surface area contributed by atoms with Gasteiger partial charge in [-0.1, -0.05) is 11.6 Å². The van der Waals surface area contributed by atoms with E-state index >= 15 is 0 Å². The maximum Gasteiger partial charge on any atom is 0.146 e. The molecular formula is C21H17ClFN3O2. The number of hydrogen-bond donors (Lipinski definition) is 1. The highest BCUT2D eigenvalue weighted by atomic mass is 35.5. The number of furan rings is 1. The Morgan fingerprint density at radius 3 is 2.86 bits per heavy atom. The fraction of sp³-hybridized carbons (Fsp3) is 0.238. The zero-order valence-corrected chi connectivity index (χ0v) is 15.7. The average Bonchev–Trinajstić information content (AvgIpc) is 3.14. The van der Waals surface area contributed by atoms with E-state index in [9.17, 15) is 9.65 Å². The molecule has 2 heterocycles. The molecule has 0 radical (unpaired) electrons. The molecule has 7 heteroatoms. The van der Waals surface area contributed by atoms with E-state index in [2.05, 4.69) is 11.1 Å². The van der Waals surface area contributed by atoms with Crippen molar-refractivity contribution < 1.29 is 13.5 Å². The fourth-order valence-corrected chi connectivity index (χ4v) is 3.70. The molecule has 1 aromatic carbocycles. The monoisotopic (exact) mass is 397 g/mol. The number of ether oxygens (including phenoxy) is 1. The Kier molecular flexibility index (Phi) is 4.93. The molecular weight excluding hydrogens is 381 g/mol. The van der Waals surface area contributed by atoms with Gasteiger partial charge in [0.05, 0.1) is 5.02 Å². The molecule has 0 amide bonds. The van der Waals surface area contributed by atoms with E-state index in [4.69, 9.17) is 26.5 Å². The topological polar surface area (TPSA) is 85.1 Å². The number of hydrogen-bond acceptors (Lipinski definition) is 5. The van der Waals surface area contributed by atoms with Crippen LogP contribution in [0.4, 0.5) is 10.2 Å². The molecule has 2 aromatic heterocycles. The van der Waals surface area contributed by atoms with Crippen molar-refractivity contribution in [1.29, 1.82) is 5.26 Å². The molecule has 0 saturated carbocycles. The Morgan fingerprint density at radius 1 is 1.25 bits per heavy atom. The van der Waals surface area contributed by atoms with Crippen molar-refractivity contribution in [1.82, 2.24) is 4.98 Å². The van der Waals surface area contributed by atoms with Gasteiger partial charge in [0.25, 0.3) is 0 Å². The van der Waals surface area contributed by atoms with Gasteiger partial charge in [-0.2, -0.15) is 5.26 Å². The van der Waals surface area contributed by atoms with Gasteiger partial charge in [-0.3, -0.25) is 0 Å². The number of rotatable bonds is 4. The van der Waals surface area contributed by atoms with E-state index in [0.717, 1.165) is 42.5 Å². The Balaban J connectivity index is 1.64. The maximum atomic E-state index is 13.1. The number of anilines is 1. The molecule has 28 heavy (non-hydrogen) atoms. The maximum absolute atomic E-state index is 13.1. The lowest BCUT2D eigenvalue weighted by atomic mass is 9.89. The van der Waals surface area contributed by atoms with Crippen molar-refractivity contribution in [3.8, 4) is 23.1 Å². The van der Waals surface area contributed by atoms with Crippen LogP contribution in [0, 0.1) is 17.1 Å². The van der Waals surface area contributed by atoms with Crippen molar-refractivity contribution in [3.63, 3.8) is 0 Å². The van der Waals surface area contributed by atoms with Crippen LogP contribution in [-0.4, -0.2) is 4.98 Å². The number of pyridine rings is 1. The van der Waals surface area contributed by atoms with Gasteiger partial charge >= 0.3 is 0 Å². The number of nitrogens with zero attached hydrogens (tertiary/aromatic N) is 2. The van der Waals surface area contributed by atoms with Gasteiger partial charge < -0.3 is 14.9 Å². The predicted octanol–water partition coefficient (Wildman–Crippen LogP) is 5.05. The molecule has 2 N–H and O–H groups in total. The number of halogens is 2. The molecule has 0 aliphatic heterocycles. The summed E-state index contributed by atoms with van der Waals surface area (Å²) in [7, 11) is 0. The number of nitriles is 1. The molecule has 0 fully saturated rings. The Hall–Kier alpha value is -3.04. The molecule has 1 aliphatic carbocycles. The summed E-state index contributed by atoms with van der Waals surface area (Å²) < 4.78 is 24.7. The van der Waals surface area contributed by atoms with E-state index in [1.165, 1.54) is 18.2 Å². The third-order valence-corrected chi connectivity index (χ3v) is 5.08. The molecule has 3 aromatic rings. The number of fused-ring (bicyclic) bond motifs is 1. The highest BCUT2D eigenvalue weighted by Crippen LogP contribution is 2.37. The SMILES string of the molecule is N#Cc1c(N)nc2c(c1-c1ccc(COc3ccc(F)cc3Cl)o1)CCCC2. The first-order chi connectivity index (χ1) is 13.6. The van der Waals surface area contributed by atoms with Gasteiger partial charge in [0, 0.05) is 11.3 Å². The minimum Gasteiger partial charge on any atom is -0.484 e. The Morgan fingerprint density at radius 2 is 2.07 bits per heavy atom. The van der Waals surface area contributed by atoms with Crippen LogP contribution in [0.2, 0.25) is 5.02 Å². The van der Waals surface area contributed by atoms with Gasteiger partial charge in [0.2, 0.25) is 0 Å². The van der Waals surface area contributed by atoms with Crippen LogP contribution in [0.3, 0.4) is 0 Å². The number of aromatic nitrogens is 1. The lowest BCUT2D eigenvalue weighted by molar-refractivity contribution is 0.272. The summed E-state index contributed by atoms with van der Waals surface area (Å²) in [6.45, 7) is 0.121. The summed E-state index contributed by atoms with van der Waals surface area (Å²) in [5, 5.41) is 9.78. The first kappa shape index (κ1) is 18.3. The van der Waals surface area contributed by atoms with E-state index in [-0.39, 0.29) is 17.4 Å². The Bertz CT molecular complexity index is 1090. The zero-order valence-electron chi connectivity index (χ0n) is 15.0. The summed E-state index contributed by atoms with van der Waals surface area (Å²) in [5.74, 6) is 1.28. The van der Waals surface area contributed by atoms with Crippen LogP contribution >= 0.6 is 11.6 Å². The van der Waals surface area contributed by atoms with Crippen LogP contribution in [0.5, 0.6) is 5.75 Å². The summed E-state index contributed by atoms with van der Waals surface area (Å²) in [5.41, 5.74) is 9.04. The first-order valence-corrected chi connectivity index (χ1v) is 9.33. The summed E-state index contributed by atoms with van der Waals surface area (Å²) in [6.07, 6.45) is 3.78. The van der Waals surface area contributed by atoms with Crippen LogP contribution in [0.25, 0.3) is 11.3 Å². The Labute approximate surface area is 166 Å². The summed E-state index contributed by atoms with van der Waals surface area (Å²) in [4.78, 5) is 4.41. The van der Waals surface area contributed by atoms with Crippen LogP contribution in [0.15, 0.2) is 34.7 Å². The minimum atomic E-state index is -0.429. The lowest BCUT2D eigenvalue weighted by Gasteiger charge is -2.19. The molecule has 142 valence electrons. The van der Waals surface area contributed by atoms with Gasteiger partial charge in [-0.05, 0) is 61.6 Å². The number of nitrogens with two attached hydrogens (primary N) is 1. The largest absolute Gasteiger partial charge is 0.484 e. The second-order valence-corrected chi connectivity index (χ2v) is 7.03. The van der Waals surface area contributed by atoms with E-state index in [0.29, 0.717) is 22.8 Å². The number of nitrogen functional groups attached to an aromatic ring is 1. The second kappa shape index (κ2) is 7.53. The number of benzene rings is 1. The second-order valence-electron chi connectivity index (χ2n) is 6.62.